The smallest absolute Gasteiger partial charge is 0.219 e. The maximum absolute atomic E-state index is 9.20. The van der Waals surface area contributed by atoms with Gasteiger partial charge in [-0.3, -0.25) is 0 Å². The highest BCUT2D eigenvalue weighted by Crippen LogP contribution is 2.27. The highest BCUT2D eigenvalue weighted by Gasteiger charge is 2.14. The fraction of sp³-hybridized carbons (Fsp3) is 0.267. The molecule has 0 unspecified atom stereocenters. The van der Waals surface area contributed by atoms with E-state index < -0.39 is 0 Å². The summed E-state index contributed by atoms with van der Waals surface area (Å²) in [6.45, 7) is 6.44. The largest absolute Gasteiger partial charge is 0.508 e. The average Bonchev–Trinajstić information content (AvgIpc) is 2.31. The van der Waals surface area contributed by atoms with Gasteiger partial charge in [-0.15, -0.1) is 0 Å². The zero-order valence-electron chi connectivity index (χ0n) is 10.8. The number of phenolic OH excluding ortho intramolecular Hbond substituents is 1. The number of phenols is 1. The van der Waals surface area contributed by atoms with Gasteiger partial charge in [0.2, 0.25) is 5.88 Å². The van der Waals surface area contributed by atoms with Crippen LogP contribution >= 0.6 is 0 Å². The molecule has 94 valence electrons. The van der Waals surface area contributed by atoms with Crippen molar-refractivity contribution >= 4 is 0 Å². The first-order chi connectivity index (χ1) is 8.45. The van der Waals surface area contributed by atoms with Crippen molar-refractivity contribution in [3.63, 3.8) is 0 Å². The molecule has 1 heterocycles. The van der Waals surface area contributed by atoms with E-state index in [4.69, 9.17) is 4.74 Å². The first-order valence-electron chi connectivity index (χ1n) is 5.88. The molecule has 1 aromatic heterocycles. The lowest BCUT2D eigenvalue weighted by Crippen LogP contribution is -2.11. The van der Waals surface area contributed by atoms with Gasteiger partial charge in [-0.25, -0.2) is 4.98 Å². The van der Waals surface area contributed by atoms with Crippen LogP contribution in [-0.2, 0) is 5.41 Å². The fourth-order valence-corrected chi connectivity index (χ4v) is 1.57. The standard InChI is InChI=1S/C15H17NO2/c1-15(2,3)11-8-9-16-14(10-11)18-13-6-4-12(17)5-7-13/h4-10,17H,1-3H3. The molecular weight excluding hydrogens is 226 g/mol. The molecule has 1 N–H and O–H groups in total. The third-order valence-corrected chi connectivity index (χ3v) is 2.66. The van der Waals surface area contributed by atoms with Crippen molar-refractivity contribution in [1.29, 1.82) is 0 Å². The van der Waals surface area contributed by atoms with Gasteiger partial charge in [0, 0.05) is 12.3 Å². The van der Waals surface area contributed by atoms with E-state index in [-0.39, 0.29) is 11.2 Å². The second kappa shape index (κ2) is 4.69. The SMILES string of the molecule is CC(C)(C)c1ccnc(Oc2ccc(O)cc2)c1. The molecule has 2 rings (SSSR count). The summed E-state index contributed by atoms with van der Waals surface area (Å²) in [4.78, 5) is 4.19. The molecule has 18 heavy (non-hydrogen) atoms. The molecule has 0 fully saturated rings. The van der Waals surface area contributed by atoms with Crippen molar-refractivity contribution in [2.24, 2.45) is 0 Å². The second-order valence-corrected chi connectivity index (χ2v) is 5.23. The Kier molecular flexibility index (Phi) is 3.24. The van der Waals surface area contributed by atoms with Crippen LogP contribution in [0, 0.1) is 0 Å². The molecule has 0 aliphatic rings. The van der Waals surface area contributed by atoms with E-state index in [1.807, 2.05) is 12.1 Å². The first kappa shape index (κ1) is 12.4. The molecule has 0 atom stereocenters. The van der Waals surface area contributed by atoms with E-state index in [2.05, 4.69) is 25.8 Å². The molecular formula is C15H17NO2. The fourth-order valence-electron chi connectivity index (χ4n) is 1.57. The Balaban J connectivity index is 2.22. The molecule has 3 nitrogen and oxygen atoms in total. The number of pyridine rings is 1. The molecule has 0 aliphatic carbocycles. The predicted molar refractivity (Wildman–Crippen MR) is 71.1 cm³/mol. The minimum Gasteiger partial charge on any atom is -0.508 e. The lowest BCUT2D eigenvalue weighted by atomic mass is 9.88. The maximum Gasteiger partial charge on any atom is 0.219 e. The zero-order valence-corrected chi connectivity index (χ0v) is 10.8. The van der Waals surface area contributed by atoms with E-state index in [0.29, 0.717) is 11.6 Å². The topological polar surface area (TPSA) is 42.4 Å². The lowest BCUT2D eigenvalue weighted by Gasteiger charge is -2.19. The minimum absolute atomic E-state index is 0.0655. The Labute approximate surface area is 107 Å². The minimum atomic E-state index is 0.0655. The third kappa shape index (κ3) is 3.00. The Bertz CT molecular complexity index is 527. The van der Waals surface area contributed by atoms with Crippen LogP contribution in [0.5, 0.6) is 17.4 Å². The highest BCUT2D eigenvalue weighted by molar-refractivity contribution is 5.34. The van der Waals surface area contributed by atoms with Crippen LogP contribution in [0.4, 0.5) is 0 Å². The van der Waals surface area contributed by atoms with Gasteiger partial charge in [0.25, 0.3) is 0 Å². The predicted octanol–water partition coefficient (Wildman–Crippen LogP) is 3.88. The van der Waals surface area contributed by atoms with E-state index >= 15 is 0 Å². The van der Waals surface area contributed by atoms with Crippen molar-refractivity contribution in [3.8, 4) is 17.4 Å². The molecule has 0 spiro atoms. The average molecular weight is 243 g/mol. The summed E-state index contributed by atoms with van der Waals surface area (Å²) < 4.78 is 5.65. The quantitative estimate of drug-likeness (QED) is 0.870. The number of nitrogens with zero attached hydrogens (tertiary/aromatic N) is 1. The molecule has 3 heteroatoms. The zero-order chi connectivity index (χ0) is 13.2. The molecule has 0 bridgehead atoms. The van der Waals surface area contributed by atoms with Gasteiger partial charge in [-0.2, -0.15) is 0 Å². The number of rotatable bonds is 2. The summed E-state index contributed by atoms with van der Waals surface area (Å²) in [5.74, 6) is 1.44. The maximum atomic E-state index is 9.20. The van der Waals surface area contributed by atoms with Crippen molar-refractivity contribution in [1.82, 2.24) is 4.98 Å². The molecule has 0 aliphatic heterocycles. The summed E-state index contributed by atoms with van der Waals surface area (Å²) in [7, 11) is 0. The molecule has 2 aromatic rings. The van der Waals surface area contributed by atoms with Crippen molar-refractivity contribution < 1.29 is 9.84 Å². The summed E-state index contributed by atoms with van der Waals surface area (Å²) >= 11 is 0. The van der Waals surface area contributed by atoms with Crippen LogP contribution in [0.1, 0.15) is 26.3 Å². The van der Waals surface area contributed by atoms with Crippen LogP contribution in [0.25, 0.3) is 0 Å². The number of hydrogen-bond acceptors (Lipinski definition) is 3. The highest BCUT2D eigenvalue weighted by atomic mass is 16.5. The van der Waals surface area contributed by atoms with Gasteiger partial charge in [0.15, 0.2) is 0 Å². The molecule has 1 aromatic carbocycles. The van der Waals surface area contributed by atoms with Crippen molar-refractivity contribution in [2.75, 3.05) is 0 Å². The van der Waals surface area contributed by atoms with Crippen molar-refractivity contribution in [2.45, 2.75) is 26.2 Å². The van der Waals surface area contributed by atoms with E-state index in [1.165, 1.54) is 5.56 Å². The number of benzene rings is 1. The number of aromatic hydroxyl groups is 1. The number of aromatic nitrogens is 1. The molecule has 0 saturated heterocycles. The van der Waals surface area contributed by atoms with Gasteiger partial charge >= 0.3 is 0 Å². The molecule has 0 amide bonds. The van der Waals surface area contributed by atoms with Crippen LogP contribution < -0.4 is 4.74 Å². The Hall–Kier alpha value is -2.03. The number of ether oxygens (including phenoxy) is 1. The summed E-state index contributed by atoms with van der Waals surface area (Å²) in [5, 5.41) is 9.20. The second-order valence-electron chi connectivity index (χ2n) is 5.23. The van der Waals surface area contributed by atoms with Crippen molar-refractivity contribution in [3.05, 3.63) is 48.2 Å². The van der Waals surface area contributed by atoms with E-state index in [9.17, 15) is 5.11 Å². The van der Waals surface area contributed by atoms with Gasteiger partial charge in [-0.05, 0) is 41.3 Å². The Morgan fingerprint density at radius 3 is 2.33 bits per heavy atom. The summed E-state index contributed by atoms with van der Waals surface area (Å²) in [6, 6.07) is 10.5. The molecule has 0 radical (unpaired) electrons. The Morgan fingerprint density at radius 2 is 1.72 bits per heavy atom. The van der Waals surface area contributed by atoms with Crippen LogP contribution in [0.3, 0.4) is 0 Å². The monoisotopic (exact) mass is 243 g/mol. The van der Waals surface area contributed by atoms with E-state index in [0.717, 1.165) is 0 Å². The van der Waals surface area contributed by atoms with Crippen LogP contribution in [-0.4, -0.2) is 10.1 Å². The van der Waals surface area contributed by atoms with Gasteiger partial charge < -0.3 is 9.84 Å². The summed E-state index contributed by atoms with van der Waals surface area (Å²) in [5.41, 5.74) is 1.24. The van der Waals surface area contributed by atoms with Gasteiger partial charge in [0.1, 0.15) is 11.5 Å². The number of hydrogen-bond donors (Lipinski definition) is 1. The Morgan fingerprint density at radius 1 is 1.06 bits per heavy atom. The normalized spacial score (nSPS) is 11.3. The third-order valence-electron chi connectivity index (χ3n) is 2.66. The molecule has 0 saturated carbocycles. The van der Waals surface area contributed by atoms with Gasteiger partial charge in [-0.1, -0.05) is 20.8 Å². The summed E-state index contributed by atoms with van der Waals surface area (Å²) in [6.07, 6.45) is 1.75. The van der Waals surface area contributed by atoms with Crippen LogP contribution in [0.15, 0.2) is 42.6 Å². The first-order valence-corrected chi connectivity index (χ1v) is 5.88. The van der Waals surface area contributed by atoms with E-state index in [1.54, 1.807) is 30.5 Å². The lowest BCUT2D eigenvalue weighted by molar-refractivity contribution is 0.451. The van der Waals surface area contributed by atoms with Crippen LogP contribution in [0.2, 0.25) is 0 Å². The van der Waals surface area contributed by atoms with Gasteiger partial charge in [0.05, 0.1) is 0 Å².